The maximum absolute atomic E-state index is 2.30. The van der Waals surface area contributed by atoms with Gasteiger partial charge in [0.2, 0.25) is 0 Å². The fraction of sp³-hybridized carbons (Fsp3) is 0.438. The molecular weight excluding hydrogens is 220 g/mol. The Balaban J connectivity index is 2.14. The highest BCUT2D eigenvalue weighted by Gasteiger charge is 2.17. The van der Waals surface area contributed by atoms with Crippen LogP contribution in [0.2, 0.25) is 0 Å². The number of rotatable bonds is 4. The van der Waals surface area contributed by atoms with E-state index in [2.05, 4.69) is 79.9 Å². The standard InChI is InChI=1S/C16H23N2/c1-13(2)16-11-17(4)18(12-16)10-14(3)15-8-6-5-7-9-15/h5-9,11-14H,10H2,1-4H3/q+1. The van der Waals surface area contributed by atoms with Gasteiger partial charge in [0.15, 0.2) is 12.7 Å². The summed E-state index contributed by atoms with van der Waals surface area (Å²) in [5.74, 6) is 1.12. The second-order valence-corrected chi connectivity index (χ2v) is 5.42. The predicted octanol–water partition coefficient (Wildman–Crippen LogP) is 3.24. The minimum Gasteiger partial charge on any atom is -0.164 e. The molecule has 2 heteroatoms. The van der Waals surface area contributed by atoms with E-state index < -0.39 is 0 Å². The molecule has 18 heavy (non-hydrogen) atoms. The number of aryl methyl sites for hydroxylation is 1. The molecule has 2 nitrogen and oxygen atoms in total. The molecule has 1 aromatic carbocycles. The van der Waals surface area contributed by atoms with E-state index in [0.29, 0.717) is 11.8 Å². The molecule has 1 atom stereocenters. The van der Waals surface area contributed by atoms with Gasteiger partial charge in [-0.25, -0.2) is 0 Å². The third-order valence-electron chi connectivity index (χ3n) is 3.54. The summed E-state index contributed by atoms with van der Waals surface area (Å²) in [5.41, 5.74) is 2.80. The highest BCUT2D eigenvalue weighted by Crippen LogP contribution is 2.16. The lowest BCUT2D eigenvalue weighted by Gasteiger charge is -2.07. The fourth-order valence-corrected chi connectivity index (χ4v) is 2.23. The van der Waals surface area contributed by atoms with Gasteiger partial charge in [-0.1, -0.05) is 51.1 Å². The van der Waals surface area contributed by atoms with Gasteiger partial charge in [-0.2, -0.15) is 4.68 Å². The third kappa shape index (κ3) is 2.81. The van der Waals surface area contributed by atoms with Crippen LogP contribution >= 0.6 is 0 Å². The number of hydrogen-bond acceptors (Lipinski definition) is 0. The SMILES string of the molecule is CC(C)c1cn(C)[n+](CC(C)c2ccccc2)c1. The molecule has 0 amide bonds. The number of benzene rings is 1. The molecule has 0 fully saturated rings. The monoisotopic (exact) mass is 243 g/mol. The molecule has 0 aliphatic carbocycles. The van der Waals surface area contributed by atoms with Gasteiger partial charge in [-0.3, -0.25) is 0 Å². The molecule has 1 heterocycles. The van der Waals surface area contributed by atoms with Gasteiger partial charge in [0, 0.05) is 11.5 Å². The van der Waals surface area contributed by atoms with Crippen molar-refractivity contribution in [1.29, 1.82) is 0 Å². The van der Waals surface area contributed by atoms with Gasteiger partial charge >= 0.3 is 0 Å². The Bertz CT molecular complexity index is 497. The summed E-state index contributed by atoms with van der Waals surface area (Å²) in [6, 6.07) is 10.7. The summed E-state index contributed by atoms with van der Waals surface area (Å²) >= 11 is 0. The lowest BCUT2D eigenvalue weighted by molar-refractivity contribution is -0.775. The van der Waals surface area contributed by atoms with Gasteiger partial charge in [0.1, 0.15) is 0 Å². The van der Waals surface area contributed by atoms with Crippen LogP contribution in [0.15, 0.2) is 42.7 Å². The molecule has 2 aromatic rings. The Morgan fingerprint density at radius 3 is 2.28 bits per heavy atom. The van der Waals surface area contributed by atoms with Crippen LogP contribution in [0.5, 0.6) is 0 Å². The summed E-state index contributed by atoms with van der Waals surface area (Å²) in [5, 5.41) is 0. The Hall–Kier alpha value is -1.57. The van der Waals surface area contributed by atoms with Crippen LogP contribution in [0.25, 0.3) is 0 Å². The quantitative estimate of drug-likeness (QED) is 0.729. The van der Waals surface area contributed by atoms with Gasteiger partial charge in [-0.05, 0) is 11.5 Å². The topological polar surface area (TPSA) is 8.81 Å². The van der Waals surface area contributed by atoms with E-state index in [-0.39, 0.29) is 0 Å². The highest BCUT2D eigenvalue weighted by molar-refractivity contribution is 5.18. The van der Waals surface area contributed by atoms with E-state index in [1.165, 1.54) is 11.1 Å². The smallest absolute Gasteiger partial charge is 0.164 e. The third-order valence-corrected chi connectivity index (χ3v) is 3.54. The van der Waals surface area contributed by atoms with Crippen LogP contribution in [0.3, 0.4) is 0 Å². The first-order valence-electron chi connectivity index (χ1n) is 6.69. The Morgan fingerprint density at radius 2 is 1.72 bits per heavy atom. The van der Waals surface area contributed by atoms with Gasteiger partial charge in [-0.15, -0.1) is 4.68 Å². The van der Waals surface area contributed by atoms with E-state index in [1.807, 2.05) is 0 Å². The molecule has 0 spiro atoms. The Morgan fingerprint density at radius 1 is 1.06 bits per heavy atom. The predicted molar refractivity (Wildman–Crippen MR) is 74.6 cm³/mol. The summed E-state index contributed by atoms with van der Waals surface area (Å²) in [4.78, 5) is 0. The molecule has 1 unspecified atom stereocenters. The molecular formula is C16H23N2+. The molecule has 0 aliphatic heterocycles. The van der Waals surface area contributed by atoms with Crippen molar-refractivity contribution in [2.24, 2.45) is 7.05 Å². The molecule has 96 valence electrons. The zero-order valence-electron chi connectivity index (χ0n) is 11.8. The lowest BCUT2D eigenvalue weighted by Crippen LogP contribution is -2.42. The average molecular weight is 243 g/mol. The van der Waals surface area contributed by atoms with Gasteiger partial charge in [0.05, 0.1) is 13.2 Å². The van der Waals surface area contributed by atoms with E-state index in [0.717, 1.165) is 6.54 Å². The van der Waals surface area contributed by atoms with E-state index in [1.54, 1.807) is 0 Å². The van der Waals surface area contributed by atoms with Crippen LogP contribution in [-0.2, 0) is 13.6 Å². The van der Waals surface area contributed by atoms with Crippen molar-refractivity contribution in [3.8, 4) is 0 Å². The summed E-state index contributed by atoms with van der Waals surface area (Å²) < 4.78 is 4.49. The molecule has 0 saturated heterocycles. The first-order chi connectivity index (χ1) is 8.58. The fourth-order valence-electron chi connectivity index (χ4n) is 2.23. The van der Waals surface area contributed by atoms with Crippen LogP contribution in [-0.4, -0.2) is 4.68 Å². The van der Waals surface area contributed by atoms with Gasteiger partial charge < -0.3 is 0 Å². The van der Waals surface area contributed by atoms with Crippen LogP contribution in [0, 0.1) is 0 Å². The minimum atomic E-state index is 0.532. The van der Waals surface area contributed by atoms with Crippen molar-refractivity contribution < 1.29 is 4.68 Å². The zero-order valence-corrected chi connectivity index (χ0v) is 11.8. The second kappa shape index (κ2) is 5.38. The van der Waals surface area contributed by atoms with Gasteiger partial charge in [0.25, 0.3) is 0 Å². The average Bonchev–Trinajstić information content (AvgIpc) is 2.72. The van der Waals surface area contributed by atoms with Crippen LogP contribution < -0.4 is 4.68 Å². The summed E-state index contributed by atoms with van der Waals surface area (Å²) in [6.45, 7) is 7.78. The van der Waals surface area contributed by atoms with Crippen molar-refractivity contribution in [1.82, 2.24) is 4.68 Å². The number of nitrogens with zero attached hydrogens (tertiary/aromatic N) is 2. The molecule has 1 aromatic heterocycles. The van der Waals surface area contributed by atoms with Crippen molar-refractivity contribution in [3.05, 3.63) is 53.9 Å². The summed E-state index contributed by atoms with van der Waals surface area (Å²) in [7, 11) is 2.11. The second-order valence-electron chi connectivity index (χ2n) is 5.42. The number of hydrogen-bond donors (Lipinski definition) is 0. The van der Waals surface area contributed by atoms with E-state index in [4.69, 9.17) is 0 Å². The van der Waals surface area contributed by atoms with Crippen molar-refractivity contribution >= 4 is 0 Å². The maximum Gasteiger partial charge on any atom is 0.199 e. The maximum atomic E-state index is 2.30. The van der Waals surface area contributed by atoms with Crippen LogP contribution in [0.4, 0.5) is 0 Å². The van der Waals surface area contributed by atoms with E-state index in [9.17, 15) is 0 Å². The molecule has 2 rings (SSSR count). The molecule has 0 aliphatic rings. The molecule has 0 radical (unpaired) electrons. The number of aromatic nitrogens is 2. The van der Waals surface area contributed by atoms with Crippen LogP contribution in [0.1, 0.15) is 43.7 Å². The highest BCUT2D eigenvalue weighted by atomic mass is 15.4. The van der Waals surface area contributed by atoms with Crippen molar-refractivity contribution in [2.45, 2.75) is 39.2 Å². The van der Waals surface area contributed by atoms with Crippen molar-refractivity contribution in [3.63, 3.8) is 0 Å². The Kier molecular flexibility index (Phi) is 3.85. The lowest BCUT2D eigenvalue weighted by atomic mass is 10.0. The molecule has 0 saturated carbocycles. The first-order valence-corrected chi connectivity index (χ1v) is 6.69. The van der Waals surface area contributed by atoms with E-state index >= 15 is 0 Å². The molecule has 0 N–H and O–H groups in total. The zero-order chi connectivity index (χ0) is 13.1. The molecule has 0 bridgehead atoms. The first kappa shape index (κ1) is 12.9. The minimum absolute atomic E-state index is 0.532. The Labute approximate surface area is 110 Å². The summed E-state index contributed by atoms with van der Waals surface area (Å²) in [6.07, 6.45) is 4.49. The normalized spacial score (nSPS) is 12.9. The largest absolute Gasteiger partial charge is 0.199 e. The van der Waals surface area contributed by atoms with Crippen molar-refractivity contribution in [2.75, 3.05) is 0 Å².